The van der Waals surface area contributed by atoms with Crippen molar-refractivity contribution in [1.29, 1.82) is 0 Å². The van der Waals surface area contributed by atoms with Crippen molar-refractivity contribution in [3.8, 4) is 5.75 Å². The SMILES string of the molecule is CCOc1ccccc1C(=O)NC(=S)NCc1cccs1. The maximum Gasteiger partial charge on any atom is 0.261 e. The Morgan fingerprint density at radius 1 is 1.29 bits per heavy atom. The predicted octanol–water partition coefficient (Wildman–Crippen LogP) is 2.95. The number of carbonyl (C=O) groups is 1. The van der Waals surface area contributed by atoms with Crippen molar-refractivity contribution < 1.29 is 9.53 Å². The predicted molar refractivity (Wildman–Crippen MR) is 88.8 cm³/mol. The Balaban J connectivity index is 1.93. The van der Waals surface area contributed by atoms with Gasteiger partial charge in [0, 0.05) is 4.88 Å². The number of hydrogen-bond donors (Lipinski definition) is 2. The molecule has 1 amide bonds. The fourth-order valence-corrected chi connectivity index (χ4v) is 2.54. The molecule has 0 aliphatic rings. The highest BCUT2D eigenvalue weighted by atomic mass is 32.1. The van der Waals surface area contributed by atoms with Gasteiger partial charge in [0.15, 0.2) is 5.11 Å². The summed E-state index contributed by atoms with van der Waals surface area (Å²) in [6, 6.07) is 11.1. The number of ether oxygens (including phenoxy) is 1. The Hall–Kier alpha value is -1.92. The molecule has 0 saturated carbocycles. The highest BCUT2D eigenvalue weighted by Gasteiger charge is 2.13. The van der Waals surface area contributed by atoms with Crippen LogP contribution < -0.4 is 15.4 Å². The fraction of sp³-hybridized carbons (Fsp3) is 0.200. The zero-order valence-electron chi connectivity index (χ0n) is 11.6. The molecular weight excluding hydrogens is 304 g/mol. The van der Waals surface area contributed by atoms with Crippen molar-refractivity contribution in [2.75, 3.05) is 6.61 Å². The average molecular weight is 320 g/mol. The molecule has 0 radical (unpaired) electrons. The smallest absolute Gasteiger partial charge is 0.261 e. The van der Waals surface area contributed by atoms with Crippen LogP contribution in [0, 0.1) is 0 Å². The zero-order valence-corrected chi connectivity index (χ0v) is 13.2. The van der Waals surface area contributed by atoms with Gasteiger partial charge in [-0.2, -0.15) is 0 Å². The van der Waals surface area contributed by atoms with Gasteiger partial charge in [0.2, 0.25) is 0 Å². The van der Waals surface area contributed by atoms with Crippen molar-refractivity contribution >= 4 is 34.6 Å². The Kier molecular flexibility index (Phi) is 5.71. The molecule has 0 spiro atoms. The van der Waals surface area contributed by atoms with Crippen molar-refractivity contribution in [1.82, 2.24) is 10.6 Å². The second-order valence-electron chi connectivity index (χ2n) is 4.15. The third-order valence-corrected chi connectivity index (χ3v) is 3.78. The number of para-hydroxylation sites is 1. The first-order chi connectivity index (χ1) is 10.2. The molecule has 6 heteroatoms. The van der Waals surface area contributed by atoms with Crippen LogP contribution in [-0.2, 0) is 6.54 Å². The third-order valence-electron chi connectivity index (χ3n) is 2.66. The zero-order chi connectivity index (χ0) is 15.1. The number of nitrogens with one attached hydrogen (secondary N) is 2. The van der Waals surface area contributed by atoms with Crippen molar-refractivity contribution in [2.45, 2.75) is 13.5 Å². The molecule has 2 aromatic rings. The third kappa shape index (κ3) is 4.54. The molecule has 0 atom stereocenters. The van der Waals surface area contributed by atoms with Crippen molar-refractivity contribution in [2.24, 2.45) is 0 Å². The van der Waals surface area contributed by atoms with E-state index in [2.05, 4.69) is 10.6 Å². The summed E-state index contributed by atoms with van der Waals surface area (Å²) in [5, 5.41) is 7.97. The molecule has 110 valence electrons. The fourth-order valence-electron chi connectivity index (χ4n) is 1.73. The normalized spacial score (nSPS) is 9.95. The highest BCUT2D eigenvalue weighted by molar-refractivity contribution is 7.80. The van der Waals surface area contributed by atoms with Crippen LogP contribution in [0.15, 0.2) is 41.8 Å². The molecule has 0 unspecified atom stereocenters. The molecule has 0 fully saturated rings. The molecule has 1 aromatic carbocycles. The minimum Gasteiger partial charge on any atom is -0.493 e. The minimum atomic E-state index is -0.275. The maximum absolute atomic E-state index is 12.2. The van der Waals surface area contributed by atoms with Gasteiger partial charge in [0.1, 0.15) is 5.75 Å². The molecule has 1 heterocycles. The van der Waals surface area contributed by atoms with E-state index in [-0.39, 0.29) is 5.91 Å². The first kappa shape index (κ1) is 15.5. The second kappa shape index (κ2) is 7.75. The quantitative estimate of drug-likeness (QED) is 0.832. The molecule has 2 N–H and O–H groups in total. The molecule has 0 aliphatic carbocycles. The van der Waals surface area contributed by atoms with E-state index in [0.717, 1.165) is 4.88 Å². The van der Waals surface area contributed by atoms with Gasteiger partial charge in [-0.05, 0) is 42.7 Å². The van der Waals surface area contributed by atoms with E-state index >= 15 is 0 Å². The number of rotatable bonds is 5. The second-order valence-corrected chi connectivity index (χ2v) is 5.59. The van der Waals surface area contributed by atoms with Gasteiger partial charge in [0.25, 0.3) is 5.91 Å². The lowest BCUT2D eigenvalue weighted by atomic mass is 10.2. The topological polar surface area (TPSA) is 50.4 Å². The maximum atomic E-state index is 12.2. The largest absolute Gasteiger partial charge is 0.493 e. The van der Waals surface area contributed by atoms with Gasteiger partial charge >= 0.3 is 0 Å². The first-order valence-electron chi connectivity index (χ1n) is 6.54. The van der Waals surface area contributed by atoms with Gasteiger partial charge in [0.05, 0.1) is 18.7 Å². The first-order valence-corrected chi connectivity index (χ1v) is 7.83. The molecule has 0 saturated heterocycles. The summed E-state index contributed by atoms with van der Waals surface area (Å²) in [6.45, 7) is 2.98. The lowest BCUT2D eigenvalue weighted by Gasteiger charge is -2.11. The van der Waals surface area contributed by atoms with Crippen LogP contribution in [0.4, 0.5) is 0 Å². The highest BCUT2D eigenvalue weighted by Crippen LogP contribution is 2.17. The standard InChI is InChI=1S/C15H16N2O2S2/c1-2-19-13-8-4-3-7-12(13)14(18)17-15(20)16-10-11-6-5-9-21-11/h3-9H,2,10H2,1H3,(H2,16,17,18,20). The van der Waals surface area contributed by atoms with Gasteiger partial charge in [-0.15, -0.1) is 11.3 Å². The van der Waals surface area contributed by atoms with E-state index in [1.807, 2.05) is 30.5 Å². The number of carbonyl (C=O) groups excluding carboxylic acids is 1. The van der Waals surface area contributed by atoms with Crippen LogP contribution in [0.2, 0.25) is 0 Å². The van der Waals surface area contributed by atoms with Gasteiger partial charge in [-0.1, -0.05) is 18.2 Å². The van der Waals surface area contributed by atoms with E-state index in [9.17, 15) is 4.79 Å². The molecule has 4 nitrogen and oxygen atoms in total. The van der Waals surface area contributed by atoms with Crippen molar-refractivity contribution in [3.63, 3.8) is 0 Å². The van der Waals surface area contributed by atoms with Crippen LogP contribution in [0.5, 0.6) is 5.75 Å². The number of benzene rings is 1. The van der Waals surface area contributed by atoms with Gasteiger partial charge in [-0.3, -0.25) is 10.1 Å². The Bertz CT molecular complexity index is 612. The summed E-state index contributed by atoms with van der Waals surface area (Å²) >= 11 is 6.77. The Morgan fingerprint density at radius 2 is 2.10 bits per heavy atom. The summed E-state index contributed by atoms with van der Waals surface area (Å²) in [5.41, 5.74) is 0.472. The van der Waals surface area contributed by atoms with E-state index in [0.29, 0.717) is 29.6 Å². The van der Waals surface area contributed by atoms with Crippen LogP contribution in [0.25, 0.3) is 0 Å². The summed E-state index contributed by atoms with van der Waals surface area (Å²) in [5.74, 6) is 0.279. The van der Waals surface area contributed by atoms with Crippen LogP contribution >= 0.6 is 23.6 Å². The summed E-state index contributed by atoms with van der Waals surface area (Å²) in [6.07, 6.45) is 0. The lowest BCUT2D eigenvalue weighted by molar-refractivity contribution is 0.0973. The van der Waals surface area contributed by atoms with Crippen LogP contribution in [0.3, 0.4) is 0 Å². The Labute approximate surface area is 133 Å². The molecular formula is C15H16N2O2S2. The number of thiocarbonyl (C=S) groups is 1. The molecule has 0 aliphatic heterocycles. The number of hydrogen-bond acceptors (Lipinski definition) is 4. The van der Waals surface area contributed by atoms with Gasteiger partial charge in [-0.25, -0.2) is 0 Å². The Morgan fingerprint density at radius 3 is 2.81 bits per heavy atom. The number of amides is 1. The summed E-state index contributed by atoms with van der Waals surface area (Å²) in [7, 11) is 0. The average Bonchev–Trinajstić information content (AvgIpc) is 2.99. The lowest BCUT2D eigenvalue weighted by Crippen LogP contribution is -2.38. The summed E-state index contributed by atoms with van der Waals surface area (Å²) in [4.78, 5) is 13.4. The van der Waals surface area contributed by atoms with E-state index in [1.165, 1.54) is 0 Å². The molecule has 2 rings (SSSR count). The van der Waals surface area contributed by atoms with E-state index in [4.69, 9.17) is 17.0 Å². The van der Waals surface area contributed by atoms with Crippen LogP contribution in [0.1, 0.15) is 22.2 Å². The monoisotopic (exact) mass is 320 g/mol. The van der Waals surface area contributed by atoms with E-state index in [1.54, 1.807) is 29.5 Å². The molecule has 21 heavy (non-hydrogen) atoms. The molecule has 1 aromatic heterocycles. The minimum absolute atomic E-state index is 0.275. The van der Waals surface area contributed by atoms with Crippen LogP contribution in [-0.4, -0.2) is 17.6 Å². The van der Waals surface area contributed by atoms with E-state index < -0.39 is 0 Å². The summed E-state index contributed by atoms with van der Waals surface area (Å²) < 4.78 is 5.44. The van der Waals surface area contributed by atoms with Gasteiger partial charge < -0.3 is 10.1 Å². The van der Waals surface area contributed by atoms with Crippen molar-refractivity contribution in [3.05, 3.63) is 52.2 Å². The molecule has 0 bridgehead atoms. The number of thiophene rings is 1.